The highest BCUT2D eigenvalue weighted by Crippen LogP contribution is 2.26. The van der Waals surface area contributed by atoms with Crippen LogP contribution in [0.25, 0.3) is 11.0 Å². The highest BCUT2D eigenvalue weighted by molar-refractivity contribution is 5.96. The fourth-order valence-electron chi connectivity index (χ4n) is 4.56. The van der Waals surface area contributed by atoms with E-state index in [0.717, 1.165) is 46.7 Å². The molecule has 1 atom stereocenters. The molecule has 0 aliphatic carbocycles. The second-order valence-electron chi connectivity index (χ2n) is 9.52. The Labute approximate surface area is 208 Å². The maximum absolute atomic E-state index is 13.0. The van der Waals surface area contributed by atoms with Crippen LogP contribution in [-0.2, 0) is 6.54 Å². The molecule has 4 aromatic rings. The van der Waals surface area contributed by atoms with E-state index in [2.05, 4.69) is 41.9 Å². The van der Waals surface area contributed by atoms with Crippen LogP contribution in [0.4, 0.5) is 0 Å². The minimum atomic E-state index is -0.238. The van der Waals surface area contributed by atoms with Crippen molar-refractivity contribution >= 4 is 16.9 Å². The van der Waals surface area contributed by atoms with Crippen LogP contribution in [0.2, 0.25) is 0 Å². The zero-order valence-electron chi connectivity index (χ0n) is 21.3. The molecule has 182 valence electrons. The normalized spacial score (nSPS) is 12.2. The van der Waals surface area contributed by atoms with Gasteiger partial charge in [-0.3, -0.25) is 4.79 Å². The smallest absolute Gasteiger partial charge is 0.252 e. The molecule has 1 N–H and O–H groups in total. The van der Waals surface area contributed by atoms with Crippen LogP contribution in [0.5, 0.6) is 5.75 Å². The lowest BCUT2D eigenvalue weighted by Gasteiger charge is -2.18. The lowest BCUT2D eigenvalue weighted by Crippen LogP contribution is -2.29. The predicted octanol–water partition coefficient (Wildman–Crippen LogP) is 6.74. The third-order valence-electron chi connectivity index (χ3n) is 6.37. The maximum Gasteiger partial charge on any atom is 0.252 e. The van der Waals surface area contributed by atoms with E-state index in [1.54, 1.807) is 0 Å². The van der Waals surface area contributed by atoms with Crippen LogP contribution in [0.15, 0.2) is 66.7 Å². The number of nitrogens with zero attached hydrogens (tertiary/aromatic N) is 2. The van der Waals surface area contributed by atoms with Gasteiger partial charge in [-0.15, -0.1) is 0 Å². The van der Waals surface area contributed by atoms with Crippen molar-refractivity contribution in [2.45, 2.75) is 59.5 Å². The summed E-state index contributed by atoms with van der Waals surface area (Å²) in [6.07, 6.45) is 0.831. The molecule has 1 heterocycles. The number of amides is 1. The van der Waals surface area contributed by atoms with E-state index < -0.39 is 0 Å². The number of hydrogen-bond acceptors (Lipinski definition) is 3. The van der Waals surface area contributed by atoms with Gasteiger partial charge in [-0.2, -0.15) is 0 Å². The topological polar surface area (TPSA) is 56.2 Å². The minimum Gasteiger partial charge on any atom is -0.493 e. The number of aromatic nitrogens is 2. The predicted molar refractivity (Wildman–Crippen MR) is 142 cm³/mol. The standard InChI is InChI=1S/C30H35N3O2/c1-20(2)24-11-6-9-14-28(24)35-18-10-17-33-27-13-8-7-12-26(27)32-29(33)23(5)31-30(34)25-16-15-21(3)19-22(25)4/h6-9,11-16,19-20,23H,10,17-18H2,1-5H3,(H,31,34). The van der Waals surface area contributed by atoms with Gasteiger partial charge in [0.05, 0.1) is 23.7 Å². The van der Waals surface area contributed by atoms with E-state index in [4.69, 9.17) is 9.72 Å². The Morgan fingerprint density at radius 1 is 1.00 bits per heavy atom. The molecule has 1 aromatic heterocycles. The molecule has 0 saturated heterocycles. The zero-order valence-corrected chi connectivity index (χ0v) is 21.3. The molecule has 0 aliphatic heterocycles. The third kappa shape index (κ3) is 5.56. The van der Waals surface area contributed by atoms with Crippen LogP contribution >= 0.6 is 0 Å². The number of fused-ring (bicyclic) bond motifs is 1. The molecule has 1 amide bonds. The van der Waals surface area contributed by atoms with Crippen LogP contribution in [0.3, 0.4) is 0 Å². The van der Waals surface area contributed by atoms with E-state index in [9.17, 15) is 4.79 Å². The van der Waals surface area contributed by atoms with Crippen LogP contribution in [-0.4, -0.2) is 22.1 Å². The molecule has 5 heteroatoms. The Kier molecular flexibility index (Phi) is 7.54. The lowest BCUT2D eigenvalue weighted by atomic mass is 10.0. The van der Waals surface area contributed by atoms with E-state index >= 15 is 0 Å². The van der Waals surface area contributed by atoms with Gasteiger partial charge in [0.2, 0.25) is 0 Å². The highest BCUT2D eigenvalue weighted by atomic mass is 16.5. The average Bonchev–Trinajstić information content (AvgIpc) is 3.20. The number of carbonyl (C=O) groups is 1. The molecule has 4 rings (SSSR count). The van der Waals surface area contributed by atoms with Crippen molar-refractivity contribution in [1.82, 2.24) is 14.9 Å². The number of hydrogen-bond donors (Lipinski definition) is 1. The van der Waals surface area contributed by atoms with Crippen LogP contribution < -0.4 is 10.1 Å². The van der Waals surface area contributed by atoms with Gasteiger partial charge >= 0.3 is 0 Å². The molecular formula is C30H35N3O2. The Hall–Kier alpha value is -3.60. The van der Waals surface area contributed by atoms with Crippen LogP contribution in [0.1, 0.15) is 72.0 Å². The van der Waals surface area contributed by atoms with Gasteiger partial charge in [0.1, 0.15) is 11.6 Å². The zero-order chi connectivity index (χ0) is 24.9. The molecule has 0 saturated carbocycles. The molecule has 0 aliphatic rings. The molecule has 0 radical (unpaired) electrons. The first-order chi connectivity index (χ1) is 16.8. The molecule has 0 fully saturated rings. The fourth-order valence-corrected chi connectivity index (χ4v) is 4.56. The van der Waals surface area contributed by atoms with E-state index in [1.807, 2.05) is 69.3 Å². The van der Waals surface area contributed by atoms with Gasteiger partial charge in [-0.05, 0) is 68.5 Å². The van der Waals surface area contributed by atoms with E-state index in [0.29, 0.717) is 18.1 Å². The third-order valence-corrected chi connectivity index (χ3v) is 6.37. The summed E-state index contributed by atoms with van der Waals surface area (Å²) in [5, 5.41) is 3.16. The molecule has 0 spiro atoms. The minimum absolute atomic E-state index is 0.0813. The first-order valence-electron chi connectivity index (χ1n) is 12.4. The quantitative estimate of drug-likeness (QED) is 0.276. The van der Waals surface area contributed by atoms with E-state index in [1.165, 1.54) is 5.56 Å². The lowest BCUT2D eigenvalue weighted by molar-refractivity contribution is 0.0937. The first kappa shape index (κ1) is 24.5. The van der Waals surface area contributed by atoms with Gasteiger partial charge in [-0.25, -0.2) is 4.98 Å². The Morgan fingerprint density at radius 3 is 2.51 bits per heavy atom. The second kappa shape index (κ2) is 10.8. The summed E-state index contributed by atoms with van der Waals surface area (Å²) >= 11 is 0. The highest BCUT2D eigenvalue weighted by Gasteiger charge is 2.20. The first-order valence-corrected chi connectivity index (χ1v) is 12.4. The second-order valence-corrected chi connectivity index (χ2v) is 9.52. The summed E-state index contributed by atoms with van der Waals surface area (Å²) in [6.45, 7) is 11.7. The summed E-state index contributed by atoms with van der Waals surface area (Å²) in [6, 6.07) is 22.0. The van der Waals surface area contributed by atoms with Crippen molar-refractivity contribution in [1.29, 1.82) is 0 Å². The number of carbonyl (C=O) groups excluding carboxylic acids is 1. The van der Waals surface area contributed by atoms with Gasteiger partial charge in [0.15, 0.2) is 0 Å². The van der Waals surface area contributed by atoms with E-state index in [-0.39, 0.29) is 11.9 Å². The molecule has 1 unspecified atom stereocenters. The summed E-state index contributed by atoms with van der Waals surface area (Å²) in [5.74, 6) is 2.14. The molecular weight excluding hydrogens is 434 g/mol. The number of imidazole rings is 1. The van der Waals surface area contributed by atoms with Crippen molar-refractivity contribution in [3.63, 3.8) is 0 Å². The number of ether oxygens (including phenoxy) is 1. The van der Waals surface area contributed by atoms with Crippen molar-refractivity contribution in [2.24, 2.45) is 0 Å². The summed E-state index contributed by atoms with van der Waals surface area (Å²) in [4.78, 5) is 17.9. The van der Waals surface area contributed by atoms with Gasteiger partial charge in [0, 0.05) is 12.1 Å². The summed E-state index contributed by atoms with van der Waals surface area (Å²) in [7, 11) is 0. The Bertz CT molecular complexity index is 1320. The monoisotopic (exact) mass is 469 g/mol. The SMILES string of the molecule is Cc1ccc(C(=O)NC(C)c2nc3ccccc3n2CCCOc2ccccc2C(C)C)c(C)c1. The van der Waals surface area contributed by atoms with Crippen molar-refractivity contribution in [3.8, 4) is 5.75 Å². The fraction of sp³-hybridized carbons (Fsp3) is 0.333. The maximum atomic E-state index is 13.0. The number of rotatable bonds is 9. The Balaban J connectivity index is 1.49. The van der Waals surface area contributed by atoms with Gasteiger partial charge in [-0.1, -0.05) is 61.9 Å². The van der Waals surface area contributed by atoms with Crippen molar-refractivity contribution in [2.75, 3.05) is 6.61 Å². The van der Waals surface area contributed by atoms with Gasteiger partial charge in [0.25, 0.3) is 5.91 Å². The number of nitrogens with one attached hydrogen (secondary N) is 1. The van der Waals surface area contributed by atoms with Crippen LogP contribution in [0, 0.1) is 13.8 Å². The van der Waals surface area contributed by atoms with Crippen molar-refractivity contribution in [3.05, 3.63) is 94.8 Å². The number of benzene rings is 3. The van der Waals surface area contributed by atoms with Gasteiger partial charge < -0.3 is 14.6 Å². The Morgan fingerprint density at radius 2 is 1.74 bits per heavy atom. The largest absolute Gasteiger partial charge is 0.493 e. The molecule has 5 nitrogen and oxygen atoms in total. The average molecular weight is 470 g/mol. The number of aryl methyl sites for hydroxylation is 3. The summed E-state index contributed by atoms with van der Waals surface area (Å²) in [5.41, 5.74) is 6.04. The molecule has 3 aromatic carbocycles. The molecule has 35 heavy (non-hydrogen) atoms. The summed E-state index contributed by atoms with van der Waals surface area (Å²) < 4.78 is 8.36. The number of para-hydroxylation sites is 3. The molecule has 0 bridgehead atoms. The van der Waals surface area contributed by atoms with Crippen molar-refractivity contribution < 1.29 is 9.53 Å².